The van der Waals surface area contributed by atoms with Crippen molar-refractivity contribution in [1.29, 1.82) is 5.26 Å². The molecular weight excluding hydrogens is 234 g/mol. The van der Waals surface area contributed by atoms with Gasteiger partial charge in [0.1, 0.15) is 6.07 Å². The lowest BCUT2D eigenvalue weighted by Gasteiger charge is -2.18. The lowest BCUT2D eigenvalue weighted by molar-refractivity contribution is 0.277. The molecule has 0 atom stereocenters. The van der Waals surface area contributed by atoms with Crippen molar-refractivity contribution in [2.24, 2.45) is 0 Å². The molecule has 19 heavy (non-hydrogen) atoms. The van der Waals surface area contributed by atoms with E-state index in [1.807, 2.05) is 24.4 Å². The lowest BCUT2D eigenvalue weighted by Crippen LogP contribution is -2.24. The molecule has 3 heterocycles. The van der Waals surface area contributed by atoms with Gasteiger partial charge in [0, 0.05) is 24.5 Å². The molecule has 0 bridgehead atoms. The molecule has 98 valence electrons. The molecule has 0 aliphatic carbocycles. The van der Waals surface area contributed by atoms with Crippen molar-refractivity contribution in [3.63, 3.8) is 0 Å². The van der Waals surface area contributed by atoms with Crippen LogP contribution in [0.1, 0.15) is 36.8 Å². The van der Waals surface area contributed by atoms with Gasteiger partial charge in [-0.1, -0.05) is 18.9 Å². The van der Waals surface area contributed by atoms with Gasteiger partial charge in [-0.15, -0.1) is 0 Å². The molecule has 3 heteroatoms. The van der Waals surface area contributed by atoms with Crippen molar-refractivity contribution < 1.29 is 0 Å². The molecular formula is C16H19N3. The summed E-state index contributed by atoms with van der Waals surface area (Å²) in [7, 11) is 0. The highest BCUT2D eigenvalue weighted by atomic mass is 15.1. The zero-order valence-electron chi connectivity index (χ0n) is 11.2. The predicted octanol–water partition coefficient (Wildman–Crippen LogP) is 3.19. The average molecular weight is 253 g/mol. The number of pyridine rings is 1. The van der Waals surface area contributed by atoms with Crippen LogP contribution in [0.4, 0.5) is 0 Å². The Morgan fingerprint density at radius 3 is 2.63 bits per heavy atom. The number of nitrogens with zero attached hydrogens (tertiary/aromatic N) is 3. The van der Waals surface area contributed by atoms with Crippen LogP contribution in [0.5, 0.6) is 0 Å². The van der Waals surface area contributed by atoms with Crippen molar-refractivity contribution in [2.45, 2.75) is 32.2 Å². The highest BCUT2D eigenvalue weighted by molar-refractivity contribution is 5.65. The van der Waals surface area contributed by atoms with Gasteiger partial charge in [-0.3, -0.25) is 4.90 Å². The van der Waals surface area contributed by atoms with Crippen LogP contribution in [0.2, 0.25) is 0 Å². The molecule has 0 spiro atoms. The van der Waals surface area contributed by atoms with E-state index in [1.165, 1.54) is 25.7 Å². The van der Waals surface area contributed by atoms with Crippen LogP contribution in [0.3, 0.4) is 0 Å². The number of likely N-dealkylation sites (tertiary alicyclic amines) is 1. The van der Waals surface area contributed by atoms with Crippen LogP contribution in [0.25, 0.3) is 5.52 Å². The quantitative estimate of drug-likeness (QED) is 0.823. The zero-order chi connectivity index (χ0) is 13.1. The lowest BCUT2D eigenvalue weighted by atomic mass is 10.1. The topological polar surface area (TPSA) is 31.4 Å². The fraction of sp³-hybridized carbons (Fsp3) is 0.438. The van der Waals surface area contributed by atoms with Crippen LogP contribution in [-0.4, -0.2) is 22.4 Å². The molecule has 0 aromatic carbocycles. The van der Waals surface area contributed by atoms with Crippen LogP contribution in [-0.2, 0) is 6.54 Å². The van der Waals surface area contributed by atoms with E-state index in [4.69, 9.17) is 0 Å². The number of hydrogen-bond acceptors (Lipinski definition) is 2. The van der Waals surface area contributed by atoms with Gasteiger partial charge >= 0.3 is 0 Å². The summed E-state index contributed by atoms with van der Waals surface area (Å²) in [5, 5.41) is 9.41. The van der Waals surface area contributed by atoms with Gasteiger partial charge in [0.25, 0.3) is 0 Å². The number of rotatable bonds is 2. The minimum atomic E-state index is 0.838. The summed E-state index contributed by atoms with van der Waals surface area (Å²) in [5.74, 6) is 0. The average Bonchev–Trinajstić information content (AvgIpc) is 2.60. The van der Waals surface area contributed by atoms with Gasteiger partial charge in [0.15, 0.2) is 0 Å². The molecule has 1 fully saturated rings. The first-order valence-electron chi connectivity index (χ1n) is 7.09. The van der Waals surface area contributed by atoms with E-state index in [1.54, 1.807) is 0 Å². The van der Waals surface area contributed by atoms with E-state index in [2.05, 4.69) is 21.6 Å². The van der Waals surface area contributed by atoms with Crippen molar-refractivity contribution in [1.82, 2.24) is 9.30 Å². The first kappa shape index (κ1) is 12.3. The molecule has 0 radical (unpaired) electrons. The minimum Gasteiger partial charge on any atom is -0.322 e. The summed E-state index contributed by atoms with van der Waals surface area (Å²) >= 11 is 0. The normalized spacial score (nSPS) is 17.2. The standard InChI is InChI=1S/C16H19N3/c17-11-15-14(12-18-8-4-1-2-5-9-18)13-19-10-6-3-7-16(15)19/h3,6-7,10,13H,1-2,4-5,8-9,12H2. The Hall–Kier alpha value is -1.79. The summed E-state index contributed by atoms with van der Waals surface area (Å²) < 4.78 is 2.06. The second-order valence-electron chi connectivity index (χ2n) is 5.32. The number of fused-ring (bicyclic) bond motifs is 1. The van der Waals surface area contributed by atoms with Crippen LogP contribution >= 0.6 is 0 Å². The monoisotopic (exact) mass is 253 g/mol. The van der Waals surface area contributed by atoms with Gasteiger partial charge < -0.3 is 4.40 Å². The Morgan fingerprint density at radius 2 is 1.89 bits per heavy atom. The van der Waals surface area contributed by atoms with Crippen LogP contribution in [0.15, 0.2) is 30.6 Å². The van der Waals surface area contributed by atoms with Crippen molar-refractivity contribution in [3.05, 3.63) is 41.7 Å². The Balaban J connectivity index is 1.89. The molecule has 1 saturated heterocycles. The maximum Gasteiger partial charge on any atom is 0.102 e. The number of aromatic nitrogens is 1. The first-order valence-corrected chi connectivity index (χ1v) is 7.09. The maximum atomic E-state index is 9.41. The van der Waals surface area contributed by atoms with E-state index < -0.39 is 0 Å². The second-order valence-corrected chi connectivity index (χ2v) is 5.32. The molecule has 0 amide bonds. The summed E-state index contributed by atoms with van der Waals surface area (Å²) in [6, 6.07) is 8.39. The molecule has 2 aromatic heterocycles. The van der Waals surface area contributed by atoms with E-state index in [0.29, 0.717) is 0 Å². The largest absolute Gasteiger partial charge is 0.322 e. The van der Waals surface area contributed by atoms with Crippen molar-refractivity contribution in [3.8, 4) is 6.07 Å². The smallest absolute Gasteiger partial charge is 0.102 e. The van der Waals surface area contributed by atoms with Crippen LogP contribution in [0, 0.1) is 11.3 Å². The van der Waals surface area contributed by atoms with E-state index in [9.17, 15) is 5.26 Å². The molecule has 0 N–H and O–H groups in total. The highest BCUT2D eigenvalue weighted by Gasteiger charge is 2.14. The summed E-state index contributed by atoms with van der Waals surface area (Å²) in [4.78, 5) is 2.49. The van der Waals surface area contributed by atoms with E-state index in [0.717, 1.165) is 36.3 Å². The fourth-order valence-corrected chi connectivity index (χ4v) is 2.96. The zero-order valence-corrected chi connectivity index (χ0v) is 11.2. The third-order valence-corrected chi connectivity index (χ3v) is 3.97. The Bertz CT molecular complexity index is 598. The third kappa shape index (κ3) is 2.50. The van der Waals surface area contributed by atoms with Gasteiger partial charge in [-0.25, -0.2) is 0 Å². The second kappa shape index (κ2) is 5.46. The van der Waals surface area contributed by atoms with Crippen molar-refractivity contribution in [2.75, 3.05) is 13.1 Å². The fourth-order valence-electron chi connectivity index (χ4n) is 2.96. The number of hydrogen-bond donors (Lipinski definition) is 0. The third-order valence-electron chi connectivity index (χ3n) is 3.97. The molecule has 1 aliphatic heterocycles. The van der Waals surface area contributed by atoms with Crippen molar-refractivity contribution >= 4 is 5.52 Å². The van der Waals surface area contributed by atoms with Gasteiger partial charge in [0.05, 0.1) is 11.1 Å². The first-order chi connectivity index (χ1) is 9.38. The maximum absolute atomic E-state index is 9.41. The van der Waals surface area contributed by atoms with Gasteiger partial charge in [0.2, 0.25) is 0 Å². The SMILES string of the molecule is N#Cc1c(CN2CCCCCC2)cn2ccccc12. The minimum absolute atomic E-state index is 0.838. The molecule has 3 nitrogen and oxygen atoms in total. The Morgan fingerprint density at radius 1 is 1.11 bits per heavy atom. The summed E-state index contributed by atoms with van der Waals surface area (Å²) in [5.41, 5.74) is 3.02. The van der Waals surface area contributed by atoms with Crippen LogP contribution < -0.4 is 0 Å². The molecule has 1 aliphatic rings. The summed E-state index contributed by atoms with van der Waals surface area (Å²) in [6.07, 6.45) is 9.39. The summed E-state index contributed by atoms with van der Waals surface area (Å²) in [6.45, 7) is 3.23. The van der Waals surface area contributed by atoms with Gasteiger partial charge in [-0.2, -0.15) is 5.26 Å². The van der Waals surface area contributed by atoms with E-state index >= 15 is 0 Å². The molecule has 2 aromatic rings. The molecule has 0 unspecified atom stereocenters. The Labute approximate surface area is 114 Å². The highest BCUT2D eigenvalue weighted by Crippen LogP contribution is 2.21. The molecule has 0 saturated carbocycles. The predicted molar refractivity (Wildman–Crippen MR) is 75.9 cm³/mol. The number of nitriles is 1. The molecule has 3 rings (SSSR count). The van der Waals surface area contributed by atoms with Gasteiger partial charge in [-0.05, 0) is 38.1 Å². The van der Waals surface area contributed by atoms with E-state index in [-0.39, 0.29) is 0 Å². The Kier molecular flexibility index (Phi) is 3.52.